The molecule has 0 saturated carbocycles. The van der Waals surface area contributed by atoms with Crippen LogP contribution in [0.25, 0.3) is 0 Å². The Hall–Kier alpha value is -3.31. The molecule has 0 bridgehead atoms. The molecule has 1 atom stereocenters. The number of sulfonamides is 1. The summed E-state index contributed by atoms with van der Waals surface area (Å²) in [6, 6.07) is 8.52. The summed E-state index contributed by atoms with van der Waals surface area (Å²) >= 11 is 0. The lowest BCUT2D eigenvalue weighted by molar-refractivity contribution is -0.126. The zero-order valence-corrected chi connectivity index (χ0v) is 19.4. The molecule has 34 heavy (non-hydrogen) atoms. The number of fused-ring (bicyclic) bond motifs is 2. The van der Waals surface area contributed by atoms with Gasteiger partial charge in [0.25, 0.3) is 5.91 Å². The van der Waals surface area contributed by atoms with Crippen molar-refractivity contribution in [3.8, 4) is 17.2 Å². The molecule has 0 aromatic heterocycles. The first kappa shape index (κ1) is 22.5. The minimum atomic E-state index is -3.85. The third kappa shape index (κ3) is 4.28. The van der Waals surface area contributed by atoms with Gasteiger partial charge in [0.15, 0.2) is 18.1 Å². The Morgan fingerprint density at radius 3 is 2.82 bits per heavy atom. The van der Waals surface area contributed by atoms with Crippen molar-refractivity contribution in [2.75, 3.05) is 31.8 Å². The van der Waals surface area contributed by atoms with Gasteiger partial charge in [0.2, 0.25) is 22.7 Å². The predicted octanol–water partition coefficient (Wildman–Crippen LogP) is 1.77. The van der Waals surface area contributed by atoms with Crippen molar-refractivity contribution in [3.63, 3.8) is 0 Å². The quantitative estimate of drug-likeness (QED) is 0.659. The summed E-state index contributed by atoms with van der Waals surface area (Å²) in [7, 11) is -3.85. The van der Waals surface area contributed by atoms with Gasteiger partial charge in [-0.05, 0) is 49.1 Å². The van der Waals surface area contributed by atoms with Crippen LogP contribution in [0.15, 0.2) is 35.2 Å². The number of nitrogens with one attached hydrogen (secondary N) is 2. The van der Waals surface area contributed by atoms with E-state index in [-0.39, 0.29) is 36.7 Å². The molecular weight excluding hydrogens is 462 g/mol. The Labute approximate surface area is 197 Å². The van der Waals surface area contributed by atoms with Crippen LogP contribution in [-0.2, 0) is 26.2 Å². The van der Waals surface area contributed by atoms with Gasteiger partial charge in [-0.15, -0.1) is 0 Å². The molecule has 180 valence electrons. The van der Waals surface area contributed by atoms with E-state index in [4.69, 9.17) is 14.2 Å². The first-order valence-corrected chi connectivity index (χ1v) is 12.5. The summed E-state index contributed by atoms with van der Waals surface area (Å²) in [4.78, 5) is 24.5. The zero-order valence-electron chi connectivity index (χ0n) is 18.6. The van der Waals surface area contributed by atoms with Gasteiger partial charge in [0.1, 0.15) is 5.75 Å². The molecule has 0 radical (unpaired) electrons. The Balaban J connectivity index is 1.27. The second-order valence-electron chi connectivity index (χ2n) is 8.56. The monoisotopic (exact) mass is 487 g/mol. The van der Waals surface area contributed by atoms with Crippen LogP contribution in [0.2, 0.25) is 0 Å². The summed E-state index contributed by atoms with van der Waals surface area (Å²) in [6.07, 6.45) is 1.19. The topological polar surface area (TPSA) is 123 Å². The molecule has 2 amide bonds. The van der Waals surface area contributed by atoms with Crippen LogP contribution in [0, 0.1) is 12.8 Å². The van der Waals surface area contributed by atoms with Gasteiger partial charge >= 0.3 is 0 Å². The maximum Gasteiger partial charge on any atom is 0.262 e. The lowest BCUT2D eigenvalue weighted by Crippen LogP contribution is -2.45. The third-order valence-electron chi connectivity index (χ3n) is 6.19. The second-order valence-corrected chi connectivity index (χ2v) is 10.5. The number of piperidine rings is 1. The largest absolute Gasteiger partial charge is 0.482 e. The molecule has 5 rings (SSSR count). The van der Waals surface area contributed by atoms with E-state index in [0.29, 0.717) is 54.4 Å². The highest BCUT2D eigenvalue weighted by Crippen LogP contribution is 2.35. The fraction of sp³-hybridized carbons (Fsp3) is 0.391. The SMILES string of the molecule is Cc1cc2c(cc1S(=O)(=O)N1CCC[C@H](C(=O)NCc3ccc4c(c3)OCO4)C1)OCC(=O)N2. The molecule has 0 aliphatic carbocycles. The Kier molecular flexibility index (Phi) is 5.82. The van der Waals surface area contributed by atoms with Crippen LogP contribution >= 0.6 is 0 Å². The first-order chi connectivity index (χ1) is 16.3. The van der Waals surface area contributed by atoms with Gasteiger partial charge < -0.3 is 24.8 Å². The van der Waals surface area contributed by atoms with Gasteiger partial charge in [-0.2, -0.15) is 4.31 Å². The highest BCUT2D eigenvalue weighted by Gasteiger charge is 2.35. The van der Waals surface area contributed by atoms with Crippen LogP contribution in [0.4, 0.5) is 5.69 Å². The first-order valence-electron chi connectivity index (χ1n) is 11.0. The fourth-order valence-corrected chi connectivity index (χ4v) is 6.14. The third-order valence-corrected chi connectivity index (χ3v) is 8.19. The van der Waals surface area contributed by atoms with E-state index < -0.39 is 15.9 Å². The number of carbonyl (C=O) groups excluding carboxylic acids is 2. The van der Waals surface area contributed by atoms with E-state index in [1.807, 2.05) is 12.1 Å². The number of aryl methyl sites for hydroxylation is 1. The molecule has 1 saturated heterocycles. The lowest BCUT2D eigenvalue weighted by atomic mass is 9.98. The number of hydrogen-bond acceptors (Lipinski definition) is 7. The molecule has 3 heterocycles. The van der Waals surface area contributed by atoms with Crippen LogP contribution in [0.3, 0.4) is 0 Å². The summed E-state index contributed by atoms with van der Waals surface area (Å²) in [5, 5.41) is 5.59. The molecule has 1 fully saturated rings. The van der Waals surface area contributed by atoms with E-state index in [9.17, 15) is 18.0 Å². The number of anilines is 1. The fourth-order valence-electron chi connectivity index (χ4n) is 4.39. The average molecular weight is 488 g/mol. The Morgan fingerprint density at radius 2 is 1.97 bits per heavy atom. The summed E-state index contributed by atoms with van der Waals surface area (Å²) in [6.45, 7) is 2.44. The summed E-state index contributed by atoms with van der Waals surface area (Å²) in [5.74, 6) is 0.711. The molecule has 2 aromatic rings. The predicted molar refractivity (Wildman–Crippen MR) is 121 cm³/mol. The second kappa shape index (κ2) is 8.80. The average Bonchev–Trinajstić information content (AvgIpc) is 3.30. The molecule has 3 aliphatic rings. The van der Waals surface area contributed by atoms with Crippen molar-refractivity contribution in [2.45, 2.75) is 31.2 Å². The highest BCUT2D eigenvalue weighted by molar-refractivity contribution is 7.89. The van der Waals surface area contributed by atoms with Crippen LogP contribution in [0.5, 0.6) is 17.2 Å². The molecule has 10 nitrogen and oxygen atoms in total. The molecule has 0 spiro atoms. The van der Waals surface area contributed by atoms with E-state index in [1.54, 1.807) is 19.1 Å². The van der Waals surface area contributed by atoms with Gasteiger partial charge in [-0.3, -0.25) is 9.59 Å². The molecule has 2 aromatic carbocycles. The van der Waals surface area contributed by atoms with Gasteiger partial charge in [0, 0.05) is 25.7 Å². The van der Waals surface area contributed by atoms with E-state index in [2.05, 4.69) is 10.6 Å². The number of carbonyl (C=O) groups is 2. The van der Waals surface area contributed by atoms with Crippen molar-refractivity contribution < 1.29 is 32.2 Å². The molecule has 11 heteroatoms. The number of ether oxygens (including phenoxy) is 3. The normalized spacial score (nSPS) is 19.7. The van der Waals surface area contributed by atoms with Crippen molar-refractivity contribution in [1.82, 2.24) is 9.62 Å². The van der Waals surface area contributed by atoms with E-state index in [1.165, 1.54) is 10.4 Å². The molecule has 2 N–H and O–H groups in total. The molecule has 3 aliphatic heterocycles. The summed E-state index contributed by atoms with van der Waals surface area (Å²) in [5.41, 5.74) is 1.82. The lowest BCUT2D eigenvalue weighted by Gasteiger charge is -2.32. The summed E-state index contributed by atoms with van der Waals surface area (Å²) < 4.78 is 44.3. The van der Waals surface area contributed by atoms with Crippen LogP contribution < -0.4 is 24.8 Å². The van der Waals surface area contributed by atoms with Crippen molar-refractivity contribution >= 4 is 27.5 Å². The molecule has 0 unspecified atom stereocenters. The Bertz CT molecular complexity index is 1260. The standard InChI is InChI=1S/C23H25N3O7S/c1-14-7-17-19(31-12-22(27)25-17)9-21(14)34(29,30)26-6-2-3-16(11-26)23(28)24-10-15-4-5-18-20(8-15)33-13-32-18/h4-5,7-9,16H,2-3,6,10-13H2,1H3,(H,24,28)(H,25,27)/t16-/m0/s1. The number of nitrogens with zero attached hydrogens (tertiary/aromatic N) is 1. The zero-order chi connectivity index (χ0) is 23.9. The maximum absolute atomic E-state index is 13.4. The minimum absolute atomic E-state index is 0.101. The Morgan fingerprint density at radius 1 is 1.15 bits per heavy atom. The number of amides is 2. The van der Waals surface area contributed by atoms with Crippen molar-refractivity contribution in [1.29, 1.82) is 0 Å². The number of rotatable bonds is 5. The van der Waals surface area contributed by atoms with Gasteiger partial charge in [-0.25, -0.2) is 8.42 Å². The van der Waals surface area contributed by atoms with E-state index in [0.717, 1.165) is 5.56 Å². The van der Waals surface area contributed by atoms with Crippen LogP contribution in [0.1, 0.15) is 24.0 Å². The maximum atomic E-state index is 13.4. The minimum Gasteiger partial charge on any atom is -0.482 e. The van der Waals surface area contributed by atoms with Crippen molar-refractivity contribution in [2.24, 2.45) is 5.92 Å². The van der Waals surface area contributed by atoms with Gasteiger partial charge in [0.05, 0.1) is 16.5 Å². The number of benzene rings is 2. The van der Waals surface area contributed by atoms with Crippen molar-refractivity contribution in [3.05, 3.63) is 41.5 Å². The van der Waals surface area contributed by atoms with E-state index >= 15 is 0 Å². The molecular formula is C23H25N3O7S. The smallest absolute Gasteiger partial charge is 0.262 e. The van der Waals surface area contributed by atoms with Crippen LogP contribution in [-0.4, -0.2) is 51.0 Å². The number of hydrogen-bond donors (Lipinski definition) is 2. The van der Waals surface area contributed by atoms with Gasteiger partial charge in [-0.1, -0.05) is 6.07 Å². The highest BCUT2D eigenvalue weighted by atomic mass is 32.2.